The average Bonchev–Trinajstić information content (AvgIpc) is 2.58. The second-order valence-corrected chi connectivity index (χ2v) is 6.38. The number of Topliss-reactive ketones (excluding diaryl/α,β-unsaturated/α-hetero) is 1. The van der Waals surface area contributed by atoms with Gasteiger partial charge in [0.15, 0.2) is 17.3 Å². The van der Waals surface area contributed by atoms with Crippen molar-refractivity contribution in [3.63, 3.8) is 0 Å². The lowest BCUT2D eigenvalue weighted by Gasteiger charge is -2.17. The van der Waals surface area contributed by atoms with Gasteiger partial charge in [-0.15, -0.1) is 0 Å². The molecule has 0 aromatic heterocycles. The minimum atomic E-state index is -0.334. The summed E-state index contributed by atoms with van der Waals surface area (Å²) in [6, 6.07) is 9.82. The lowest BCUT2D eigenvalue weighted by Crippen LogP contribution is -2.13. The van der Waals surface area contributed by atoms with Crippen LogP contribution in [0.3, 0.4) is 0 Å². The maximum atomic E-state index is 12.5. The van der Waals surface area contributed by atoms with Crippen LogP contribution in [0.2, 0.25) is 5.02 Å². The third-order valence-electron chi connectivity index (χ3n) is 3.47. The third kappa shape index (κ3) is 4.99. The van der Waals surface area contributed by atoms with E-state index < -0.39 is 0 Å². The zero-order valence-electron chi connectivity index (χ0n) is 15.3. The second-order valence-electron chi connectivity index (χ2n) is 5.97. The molecule has 1 amide bonds. The monoisotopic (exact) mass is 375 g/mol. The summed E-state index contributed by atoms with van der Waals surface area (Å²) < 4.78 is 11.3. The zero-order chi connectivity index (χ0) is 19.3. The van der Waals surface area contributed by atoms with Crippen molar-refractivity contribution in [3.8, 4) is 11.5 Å². The summed E-state index contributed by atoms with van der Waals surface area (Å²) >= 11 is 6.29. The molecule has 2 aromatic carbocycles. The van der Waals surface area contributed by atoms with E-state index in [1.165, 1.54) is 6.92 Å². The molecule has 0 unspecified atom stereocenters. The quantitative estimate of drug-likeness (QED) is 0.693. The molecule has 0 heterocycles. The number of carbonyl (C=O) groups excluding carboxylic acids is 2. The highest BCUT2D eigenvalue weighted by Gasteiger charge is 2.17. The Hall–Kier alpha value is -2.53. The maximum Gasteiger partial charge on any atom is 0.255 e. The molecule has 26 heavy (non-hydrogen) atoms. The van der Waals surface area contributed by atoms with Crippen LogP contribution >= 0.6 is 11.6 Å². The van der Waals surface area contributed by atoms with Gasteiger partial charge in [-0.2, -0.15) is 0 Å². The average molecular weight is 376 g/mol. The fraction of sp³-hybridized carbons (Fsp3) is 0.300. The lowest BCUT2D eigenvalue weighted by atomic mass is 10.1. The van der Waals surface area contributed by atoms with Gasteiger partial charge in [0.1, 0.15) is 0 Å². The molecule has 138 valence electrons. The maximum absolute atomic E-state index is 12.5. The molecule has 0 atom stereocenters. The fourth-order valence-electron chi connectivity index (χ4n) is 2.30. The topological polar surface area (TPSA) is 64.6 Å². The van der Waals surface area contributed by atoms with E-state index in [4.69, 9.17) is 21.1 Å². The Morgan fingerprint density at radius 2 is 1.77 bits per heavy atom. The molecule has 2 aromatic rings. The third-order valence-corrected chi connectivity index (χ3v) is 3.76. The van der Waals surface area contributed by atoms with Gasteiger partial charge in [0.25, 0.3) is 5.91 Å². The highest BCUT2D eigenvalue weighted by Crippen LogP contribution is 2.37. The number of ether oxygens (including phenoxy) is 2. The van der Waals surface area contributed by atoms with E-state index in [0.717, 1.165) is 0 Å². The fourth-order valence-corrected chi connectivity index (χ4v) is 2.56. The van der Waals surface area contributed by atoms with Crippen LogP contribution in [0.25, 0.3) is 0 Å². The van der Waals surface area contributed by atoms with E-state index in [1.807, 2.05) is 20.8 Å². The summed E-state index contributed by atoms with van der Waals surface area (Å²) in [5, 5.41) is 3.08. The molecule has 2 rings (SSSR count). The first-order valence-corrected chi connectivity index (χ1v) is 8.75. The van der Waals surface area contributed by atoms with Crippen molar-refractivity contribution in [2.75, 3.05) is 11.9 Å². The van der Waals surface area contributed by atoms with Crippen LogP contribution < -0.4 is 14.8 Å². The van der Waals surface area contributed by atoms with Crippen molar-refractivity contribution in [1.82, 2.24) is 0 Å². The Morgan fingerprint density at radius 3 is 2.31 bits per heavy atom. The van der Waals surface area contributed by atoms with Crippen LogP contribution in [0.5, 0.6) is 11.5 Å². The number of rotatable bonds is 7. The summed E-state index contributed by atoms with van der Waals surface area (Å²) in [5.41, 5.74) is 1.52. The number of nitrogens with one attached hydrogen (secondary N) is 1. The van der Waals surface area contributed by atoms with Gasteiger partial charge in [-0.1, -0.05) is 11.6 Å². The Kier molecular flexibility index (Phi) is 6.64. The molecule has 6 heteroatoms. The molecule has 0 aliphatic heterocycles. The lowest BCUT2D eigenvalue weighted by molar-refractivity contribution is 0.101. The van der Waals surface area contributed by atoms with Crippen molar-refractivity contribution in [1.29, 1.82) is 0 Å². The molecule has 0 saturated carbocycles. The van der Waals surface area contributed by atoms with Crippen molar-refractivity contribution in [2.24, 2.45) is 0 Å². The van der Waals surface area contributed by atoms with Gasteiger partial charge in [0.2, 0.25) is 0 Å². The van der Waals surface area contributed by atoms with Crippen molar-refractivity contribution < 1.29 is 19.1 Å². The standard InChI is InChI=1S/C20H22ClNO4/c1-5-25-18-11-15(10-17(21)19(18)26-12(2)3)20(24)22-16-8-6-14(7-9-16)13(4)23/h6-12H,5H2,1-4H3,(H,22,24). The van der Waals surface area contributed by atoms with E-state index in [9.17, 15) is 9.59 Å². The second kappa shape index (κ2) is 8.72. The van der Waals surface area contributed by atoms with Crippen LogP contribution in [0.4, 0.5) is 5.69 Å². The van der Waals surface area contributed by atoms with Gasteiger partial charge in [0.05, 0.1) is 17.7 Å². The number of halogens is 1. The van der Waals surface area contributed by atoms with E-state index in [2.05, 4.69) is 5.32 Å². The Labute approximate surface area is 158 Å². The summed E-state index contributed by atoms with van der Waals surface area (Å²) in [4.78, 5) is 23.9. The van der Waals surface area contributed by atoms with Crippen molar-refractivity contribution in [2.45, 2.75) is 33.8 Å². The van der Waals surface area contributed by atoms with Crippen LogP contribution in [0, 0.1) is 0 Å². The van der Waals surface area contributed by atoms with E-state index in [-0.39, 0.29) is 17.8 Å². The first-order valence-electron chi connectivity index (χ1n) is 8.37. The largest absolute Gasteiger partial charge is 0.490 e. The van der Waals surface area contributed by atoms with Crippen molar-refractivity contribution in [3.05, 3.63) is 52.5 Å². The SMILES string of the molecule is CCOc1cc(C(=O)Nc2ccc(C(C)=O)cc2)cc(Cl)c1OC(C)C. The van der Waals surface area contributed by atoms with E-state index in [0.29, 0.717) is 39.9 Å². The van der Waals surface area contributed by atoms with Gasteiger partial charge in [-0.3, -0.25) is 9.59 Å². The number of hydrogen-bond donors (Lipinski definition) is 1. The summed E-state index contributed by atoms with van der Waals surface area (Å²) in [5.74, 6) is 0.480. The molecule has 5 nitrogen and oxygen atoms in total. The summed E-state index contributed by atoms with van der Waals surface area (Å²) in [6.07, 6.45) is -0.0776. The van der Waals surface area contributed by atoms with Crippen LogP contribution in [0.1, 0.15) is 48.4 Å². The van der Waals surface area contributed by atoms with Crippen LogP contribution in [0.15, 0.2) is 36.4 Å². The van der Waals surface area contributed by atoms with Gasteiger partial charge in [0, 0.05) is 16.8 Å². The van der Waals surface area contributed by atoms with Gasteiger partial charge in [-0.25, -0.2) is 0 Å². The number of benzene rings is 2. The highest BCUT2D eigenvalue weighted by molar-refractivity contribution is 6.32. The normalized spacial score (nSPS) is 10.5. The Morgan fingerprint density at radius 1 is 1.12 bits per heavy atom. The number of hydrogen-bond acceptors (Lipinski definition) is 4. The predicted octanol–water partition coefficient (Wildman–Crippen LogP) is 4.98. The minimum absolute atomic E-state index is 0.0308. The molecule has 0 aliphatic rings. The molecule has 0 spiro atoms. The molecule has 0 saturated heterocycles. The highest BCUT2D eigenvalue weighted by atomic mass is 35.5. The molecular weight excluding hydrogens is 354 g/mol. The van der Waals surface area contributed by atoms with Gasteiger partial charge in [-0.05, 0) is 64.1 Å². The van der Waals surface area contributed by atoms with E-state index >= 15 is 0 Å². The van der Waals surface area contributed by atoms with Gasteiger partial charge >= 0.3 is 0 Å². The zero-order valence-corrected chi connectivity index (χ0v) is 16.0. The van der Waals surface area contributed by atoms with Crippen molar-refractivity contribution >= 4 is 29.0 Å². The van der Waals surface area contributed by atoms with Gasteiger partial charge < -0.3 is 14.8 Å². The van der Waals surface area contributed by atoms with Crippen LogP contribution in [-0.2, 0) is 0 Å². The van der Waals surface area contributed by atoms with Crippen LogP contribution in [-0.4, -0.2) is 24.4 Å². The predicted molar refractivity (Wildman–Crippen MR) is 103 cm³/mol. The number of amides is 1. The summed E-state index contributed by atoms with van der Waals surface area (Å²) in [6.45, 7) is 7.53. The molecule has 1 N–H and O–H groups in total. The smallest absolute Gasteiger partial charge is 0.255 e. The molecule has 0 aliphatic carbocycles. The number of ketones is 1. The molecule has 0 fully saturated rings. The minimum Gasteiger partial charge on any atom is -0.490 e. The summed E-state index contributed by atoms with van der Waals surface area (Å²) in [7, 11) is 0. The Bertz CT molecular complexity index is 800. The first-order chi connectivity index (χ1) is 12.3. The number of anilines is 1. The van der Waals surface area contributed by atoms with E-state index in [1.54, 1.807) is 36.4 Å². The Balaban J connectivity index is 2.26. The molecule has 0 bridgehead atoms. The molecular formula is C20H22ClNO4. The molecule has 0 radical (unpaired) electrons. The first kappa shape index (κ1) is 19.8. The number of carbonyl (C=O) groups is 2.